The van der Waals surface area contributed by atoms with Crippen LogP contribution in [0.5, 0.6) is 0 Å². The highest BCUT2D eigenvalue weighted by atomic mass is 35.5. The highest BCUT2D eigenvalue weighted by molar-refractivity contribution is 8.00. The molecule has 160 valence electrons. The van der Waals surface area contributed by atoms with Crippen molar-refractivity contribution in [3.05, 3.63) is 81.0 Å². The summed E-state index contributed by atoms with van der Waals surface area (Å²) in [6.07, 6.45) is -2.20. The molecule has 0 aliphatic carbocycles. The molecule has 0 amide bonds. The van der Waals surface area contributed by atoms with Crippen LogP contribution in [0.3, 0.4) is 0 Å². The van der Waals surface area contributed by atoms with Gasteiger partial charge in [0, 0.05) is 27.5 Å². The van der Waals surface area contributed by atoms with Crippen molar-refractivity contribution in [2.45, 2.75) is 41.0 Å². The van der Waals surface area contributed by atoms with Gasteiger partial charge in [-0.25, -0.2) is 4.85 Å². The van der Waals surface area contributed by atoms with Crippen molar-refractivity contribution in [1.82, 2.24) is 0 Å². The minimum atomic E-state index is -0.642. The molecule has 31 heavy (non-hydrogen) atoms. The molecule has 2 aromatic rings. The fraction of sp³-hybridized carbons (Fsp3) is 0.381. The molecule has 10 heteroatoms. The van der Waals surface area contributed by atoms with E-state index < -0.39 is 36.1 Å². The van der Waals surface area contributed by atoms with E-state index in [1.165, 1.54) is 18.9 Å². The van der Waals surface area contributed by atoms with E-state index in [0.29, 0.717) is 15.6 Å². The molecule has 2 aromatic carbocycles. The molecule has 2 fully saturated rings. The number of nitrogens with zero attached hydrogens (tertiary/aromatic N) is 4. The quantitative estimate of drug-likeness (QED) is 0.255. The highest BCUT2D eigenvalue weighted by Gasteiger charge is 2.50. The van der Waals surface area contributed by atoms with Gasteiger partial charge in [-0.05, 0) is 11.6 Å². The van der Waals surface area contributed by atoms with E-state index in [1.807, 2.05) is 30.3 Å². The number of halogens is 1. The van der Waals surface area contributed by atoms with Crippen LogP contribution in [0.1, 0.15) is 11.9 Å². The van der Waals surface area contributed by atoms with Gasteiger partial charge in [0.1, 0.15) is 23.7 Å². The summed E-state index contributed by atoms with van der Waals surface area (Å²) in [4.78, 5) is 7.24. The molecular weight excluding hydrogens is 440 g/mol. The first-order chi connectivity index (χ1) is 15.1. The first kappa shape index (κ1) is 21.9. The zero-order valence-corrected chi connectivity index (χ0v) is 18.1. The van der Waals surface area contributed by atoms with Crippen LogP contribution in [0.2, 0.25) is 5.02 Å². The molecule has 0 radical (unpaired) electrons. The molecule has 2 aliphatic heterocycles. The molecule has 0 N–H and O–H groups in total. The van der Waals surface area contributed by atoms with Crippen molar-refractivity contribution in [1.29, 1.82) is 0 Å². The second-order valence-electron chi connectivity index (χ2n) is 6.96. The van der Waals surface area contributed by atoms with E-state index in [9.17, 15) is 5.53 Å². The van der Waals surface area contributed by atoms with Crippen LogP contribution in [0.25, 0.3) is 15.3 Å². The number of benzene rings is 2. The van der Waals surface area contributed by atoms with Crippen LogP contribution in [-0.4, -0.2) is 43.5 Å². The molecule has 0 saturated carbocycles. The van der Waals surface area contributed by atoms with E-state index in [4.69, 9.17) is 37.1 Å². The van der Waals surface area contributed by atoms with Crippen LogP contribution in [0, 0.1) is 6.57 Å². The standard InChI is InChI=1S/C21H19ClN4O4S/c1-24-14-9-8-13(22)10-16(14)31-21-19(27-2)17(25-26-23)18-15(29-21)11-28-20(30-18)12-6-4-3-5-7-12/h3-10,15,17-21H,11H2,2H3/t15?,17-,18-,19?,20?,21+/m0/s1. The number of azide groups is 1. The van der Waals surface area contributed by atoms with Gasteiger partial charge in [-0.15, -0.1) is 11.8 Å². The predicted octanol–water partition coefficient (Wildman–Crippen LogP) is 5.52. The smallest absolute Gasteiger partial charge is 0.200 e. The third-order valence-electron chi connectivity index (χ3n) is 5.12. The number of thioether (sulfide) groups is 1. The Morgan fingerprint density at radius 2 is 2.03 bits per heavy atom. The van der Waals surface area contributed by atoms with Crippen LogP contribution in [0.15, 0.2) is 58.5 Å². The van der Waals surface area contributed by atoms with Crippen molar-refractivity contribution in [2.75, 3.05) is 13.7 Å². The largest absolute Gasteiger partial charge is 0.377 e. The van der Waals surface area contributed by atoms with Gasteiger partial charge >= 0.3 is 0 Å². The van der Waals surface area contributed by atoms with Crippen molar-refractivity contribution in [2.24, 2.45) is 5.11 Å². The van der Waals surface area contributed by atoms with E-state index in [2.05, 4.69) is 14.9 Å². The summed E-state index contributed by atoms with van der Waals surface area (Å²) in [5, 5.41) is 4.51. The number of fused-ring (bicyclic) bond motifs is 1. The Labute approximate surface area is 188 Å². The summed E-state index contributed by atoms with van der Waals surface area (Å²) >= 11 is 7.44. The molecule has 4 rings (SSSR count). The van der Waals surface area contributed by atoms with Crippen LogP contribution >= 0.6 is 23.4 Å². The van der Waals surface area contributed by atoms with Gasteiger partial charge in [0.25, 0.3) is 0 Å². The molecule has 0 spiro atoms. The normalized spacial score (nSPS) is 30.0. The van der Waals surface area contributed by atoms with Crippen LogP contribution < -0.4 is 0 Å². The number of ether oxygens (including phenoxy) is 4. The Bertz CT molecular complexity index is 1010. The summed E-state index contributed by atoms with van der Waals surface area (Å²) in [5.41, 5.74) is 9.98. The second kappa shape index (κ2) is 9.90. The van der Waals surface area contributed by atoms with E-state index in [0.717, 1.165) is 5.56 Å². The zero-order chi connectivity index (χ0) is 21.8. The van der Waals surface area contributed by atoms with Gasteiger partial charge in [-0.3, -0.25) is 0 Å². The Morgan fingerprint density at radius 1 is 1.23 bits per heavy atom. The Morgan fingerprint density at radius 3 is 2.74 bits per heavy atom. The summed E-state index contributed by atoms with van der Waals surface area (Å²) in [7, 11) is 1.53. The molecule has 0 aromatic heterocycles. The molecule has 2 saturated heterocycles. The molecule has 8 nitrogen and oxygen atoms in total. The van der Waals surface area contributed by atoms with Gasteiger partial charge in [-0.1, -0.05) is 59.2 Å². The maximum Gasteiger partial charge on any atom is 0.200 e. The molecule has 3 unspecified atom stereocenters. The fourth-order valence-corrected chi connectivity index (χ4v) is 5.20. The zero-order valence-electron chi connectivity index (χ0n) is 16.5. The number of methoxy groups -OCH3 is 1. The number of hydrogen-bond acceptors (Lipinski definition) is 6. The maximum absolute atomic E-state index is 9.21. The molecule has 2 heterocycles. The van der Waals surface area contributed by atoms with E-state index in [1.54, 1.807) is 18.2 Å². The summed E-state index contributed by atoms with van der Waals surface area (Å²) in [6, 6.07) is 13.9. The van der Waals surface area contributed by atoms with Crippen LogP contribution in [-0.2, 0) is 18.9 Å². The number of hydrogen-bond donors (Lipinski definition) is 0. The summed E-state index contributed by atoms with van der Waals surface area (Å²) < 4.78 is 24.0. The average Bonchev–Trinajstić information content (AvgIpc) is 2.80. The molecule has 6 atom stereocenters. The lowest BCUT2D eigenvalue weighted by Gasteiger charge is -2.47. The molecule has 2 aliphatic rings. The minimum Gasteiger partial charge on any atom is -0.377 e. The SMILES string of the molecule is [C-]#[N+]c1ccc(Cl)cc1S[C@H]1OC2COC(c3ccccc3)O[C@@H]2[C@H](N=[N+]=[N-])C1OC. The molecule has 0 bridgehead atoms. The summed E-state index contributed by atoms with van der Waals surface area (Å²) in [5.74, 6) is 0. The molecular formula is C21H19ClN4O4S. The lowest BCUT2D eigenvalue weighted by molar-refractivity contribution is -0.298. The minimum absolute atomic E-state index is 0.264. The monoisotopic (exact) mass is 458 g/mol. The van der Waals surface area contributed by atoms with Crippen molar-refractivity contribution < 1.29 is 18.9 Å². The second-order valence-corrected chi connectivity index (χ2v) is 8.53. The third kappa shape index (κ3) is 4.66. The van der Waals surface area contributed by atoms with Crippen molar-refractivity contribution >= 4 is 29.1 Å². The first-order valence-corrected chi connectivity index (χ1v) is 10.8. The van der Waals surface area contributed by atoms with Gasteiger partial charge < -0.3 is 18.9 Å². The highest BCUT2D eigenvalue weighted by Crippen LogP contribution is 2.43. The van der Waals surface area contributed by atoms with E-state index >= 15 is 0 Å². The topological polar surface area (TPSA) is 90.0 Å². The lowest BCUT2D eigenvalue weighted by Crippen LogP contribution is -2.60. The van der Waals surface area contributed by atoms with Gasteiger partial charge in [-0.2, -0.15) is 0 Å². The summed E-state index contributed by atoms with van der Waals surface area (Å²) in [6.45, 7) is 7.68. The predicted molar refractivity (Wildman–Crippen MR) is 116 cm³/mol. The van der Waals surface area contributed by atoms with E-state index in [-0.39, 0.29) is 6.61 Å². The number of rotatable bonds is 5. The first-order valence-electron chi connectivity index (χ1n) is 9.52. The third-order valence-corrected chi connectivity index (χ3v) is 6.55. The average molecular weight is 459 g/mol. The van der Waals surface area contributed by atoms with Crippen molar-refractivity contribution in [3.63, 3.8) is 0 Å². The Hall–Kier alpha value is -2.28. The Balaban J connectivity index is 1.60. The van der Waals surface area contributed by atoms with Gasteiger partial charge in [0.15, 0.2) is 6.29 Å². The fourth-order valence-electron chi connectivity index (χ4n) is 3.68. The van der Waals surface area contributed by atoms with Gasteiger partial charge in [0.2, 0.25) is 5.69 Å². The van der Waals surface area contributed by atoms with Crippen molar-refractivity contribution in [3.8, 4) is 0 Å². The Kier molecular flexibility index (Phi) is 7.00. The van der Waals surface area contributed by atoms with Gasteiger partial charge in [0.05, 0.1) is 19.2 Å². The lowest BCUT2D eigenvalue weighted by atomic mass is 9.96. The maximum atomic E-state index is 9.21. The van der Waals surface area contributed by atoms with Crippen LogP contribution in [0.4, 0.5) is 5.69 Å².